The van der Waals surface area contributed by atoms with Gasteiger partial charge in [-0.2, -0.15) is 5.26 Å². The third kappa shape index (κ3) is 4.56. The van der Waals surface area contributed by atoms with Crippen LogP contribution in [0.25, 0.3) is 17.4 Å². The van der Waals surface area contributed by atoms with Crippen LogP contribution in [-0.4, -0.2) is 37.2 Å². The summed E-state index contributed by atoms with van der Waals surface area (Å²) in [6.45, 7) is 0.616. The van der Waals surface area contributed by atoms with Gasteiger partial charge < -0.3 is 19.6 Å². The second-order valence-electron chi connectivity index (χ2n) is 4.97. The molecule has 0 aliphatic heterocycles. The average molecular weight is 340 g/mol. The molecule has 0 aliphatic rings. The summed E-state index contributed by atoms with van der Waals surface area (Å²) in [7, 11) is 1.51. The number of nitrogens with zero attached hydrogens (tertiary/aromatic N) is 1. The van der Waals surface area contributed by atoms with Gasteiger partial charge in [0.05, 0.1) is 12.2 Å². The number of ether oxygens (including phenoxy) is 1. The molecule has 2 aromatic rings. The van der Waals surface area contributed by atoms with E-state index in [-0.39, 0.29) is 23.4 Å². The summed E-state index contributed by atoms with van der Waals surface area (Å²) in [6, 6.07) is 11.4. The van der Waals surface area contributed by atoms with E-state index < -0.39 is 11.9 Å². The Labute approximate surface area is 144 Å². The minimum absolute atomic E-state index is 0.102. The van der Waals surface area contributed by atoms with Crippen LogP contribution in [0.3, 0.4) is 0 Å². The van der Waals surface area contributed by atoms with E-state index in [4.69, 9.17) is 14.4 Å². The first-order valence-corrected chi connectivity index (χ1v) is 7.38. The van der Waals surface area contributed by atoms with Gasteiger partial charge in [0.2, 0.25) is 0 Å². The number of benzene rings is 1. The van der Waals surface area contributed by atoms with Gasteiger partial charge in [0, 0.05) is 25.3 Å². The number of furan rings is 1. The molecule has 0 bridgehead atoms. The highest BCUT2D eigenvalue weighted by molar-refractivity contribution is 6.01. The lowest BCUT2D eigenvalue weighted by molar-refractivity contribution is -0.117. The molecule has 7 heteroatoms. The summed E-state index contributed by atoms with van der Waals surface area (Å²) in [4.78, 5) is 23.2. The minimum Gasteiger partial charge on any atom is -0.478 e. The van der Waals surface area contributed by atoms with Crippen LogP contribution < -0.4 is 5.32 Å². The van der Waals surface area contributed by atoms with E-state index in [9.17, 15) is 14.7 Å². The average Bonchev–Trinajstić information content (AvgIpc) is 3.08. The Morgan fingerprint density at radius 3 is 2.76 bits per heavy atom. The van der Waals surface area contributed by atoms with Crippen LogP contribution in [0.15, 0.2) is 46.4 Å². The van der Waals surface area contributed by atoms with Gasteiger partial charge in [-0.05, 0) is 18.2 Å². The highest BCUT2D eigenvalue weighted by Gasteiger charge is 2.15. The van der Waals surface area contributed by atoms with Crippen LogP contribution in [0.2, 0.25) is 0 Å². The van der Waals surface area contributed by atoms with E-state index >= 15 is 0 Å². The number of carboxylic acid groups (broad SMARTS) is 1. The maximum atomic E-state index is 11.9. The quantitative estimate of drug-likeness (QED) is 0.454. The van der Waals surface area contributed by atoms with E-state index in [0.717, 1.165) is 0 Å². The van der Waals surface area contributed by atoms with Gasteiger partial charge in [-0.15, -0.1) is 0 Å². The third-order valence-corrected chi connectivity index (χ3v) is 3.29. The molecule has 2 N–H and O–H groups in total. The Kier molecular flexibility index (Phi) is 6.09. The molecular weight excluding hydrogens is 324 g/mol. The normalized spacial score (nSPS) is 11.0. The lowest BCUT2D eigenvalue weighted by Gasteiger charge is -2.03. The van der Waals surface area contributed by atoms with Crippen LogP contribution in [0, 0.1) is 11.3 Å². The number of nitrogens with one attached hydrogen (secondary N) is 1. The summed E-state index contributed by atoms with van der Waals surface area (Å²) in [6.07, 6.45) is 1.30. The fourth-order valence-electron chi connectivity index (χ4n) is 2.11. The molecule has 1 amide bonds. The van der Waals surface area contributed by atoms with Gasteiger partial charge in [-0.1, -0.05) is 18.2 Å². The first-order chi connectivity index (χ1) is 12.1. The standard InChI is InChI=1S/C18H16N2O5/c1-24-9-8-20-17(21)12(11-19)10-13-6-7-16(25-13)14-4-2-3-5-15(14)18(22)23/h2-7,10H,8-9H2,1H3,(H,20,21)(H,22,23)/b12-10+. The largest absolute Gasteiger partial charge is 0.478 e. The van der Waals surface area contributed by atoms with Crippen molar-refractivity contribution in [3.63, 3.8) is 0 Å². The minimum atomic E-state index is -1.07. The predicted molar refractivity (Wildman–Crippen MR) is 89.6 cm³/mol. The van der Waals surface area contributed by atoms with Crippen molar-refractivity contribution in [2.24, 2.45) is 0 Å². The van der Waals surface area contributed by atoms with Gasteiger partial charge >= 0.3 is 5.97 Å². The van der Waals surface area contributed by atoms with Gasteiger partial charge in [0.25, 0.3) is 5.91 Å². The number of hydrogen-bond donors (Lipinski definition) is 2. The van der Waals surface area contributed by atoms with Crippen molar-refractivity contribution in [2.75, 3.05) is 20.3 Å². The molecule has 0 saturated carbocycles. The molecule has 1 aromatic carbocycles. The Balaban J connectivity index is 2.25. The van der Waals surface area contributed by atoms with Crippen molar-refractivity contribution in [1.82, 2.24) is 5.32 Å². The first kappa shape index (κ1) is 18.0. The van der Waals surface area contributed by atoms with Gasteiger partial charge in [0.1, 0.15) is 23.2 Å². The zero-order valence-corrected chi connectivity index (χ0v) is 13.5. The summed E-state index contributed by atoms with van der Waals surface area (Å²) < 4.78 is 10.4. The molecule has 1 heterocycles. The smallest absolute Gasteiger partial charge is 0.336 e. The molecule has 25 heavy (non-hydrogen) atoms. The predicted octanol–water partition coefficient (Wildman–Crippen LogP) is 2.31. The molecule has 7 nitrogen and oxygen atoms in total. The van der Waals surface area contributed by atoms with E-state index in [1.165, 1.54) is 19.3 Å². The van der Waals surface area contributed by atoms with Crippen LogP contribution in [0.1, 0.15) is 16.1 Å². The number of hydrogen-bond acceptors (Lipinski definition) is 5. The zero-order chi connectivity index (χ0) is 18.2. The summed E-state index contributed by atoms with van der Waals surface area (Å²) in [5, 5.41) is 20.9. The summed E-state index contributed by atoms with van der Waals surface area (Å²) in [5.41, 5.74) is 0.395. The molecular formula is C18H16N2O5. The molecule has 2 rings (SSSR count). The van der Waals surface area contributed by atoms with E-state index in [0.29, 0.717) is 17.9 Å². The summed E-state index contributed by atoms with van der Waals surface area (Å²) in [5.74, 6) is -1.00. The van der Waals surface area contributed by atoms with Crippen molar-refractivity contribution in [2.45, 2.75) is 0 Å². The third-order valence-electron chi connectivity index (χ3n) is 3.29. The van der Waals surface area contributed by atoms with Crippen molar-refractivity contribution < 1.29 is 23.8 Å². The number of nitriles is 1. The lowest BCUT2D eigenvalue weighted by Crippen LogP contribution is -2.27. The maximum absolute atomic E-state index is 11.9. The molecule has 128 valence electrons. The van der Waals surface area contributed by atoms with Crippen LogP contribution in [0.5, 0.6) is 0 Å². The van der Waals surface area contributed by atoms with Gasteiger partial charge in [0.15, 0.2) is 0 Å². The van der Waals surface area contributed by atoms with Crippen LogP contribution >= 0.6 is 0 Å². The molecule has 0 unspecified atom stereocenters. The monoisotopic (exact) mass is 340 g/mol. The van der Waals surface area contributed by atoms with E-state index in [2.05, 4.69) is 5.32 Å². The number of carboxylic acids is 1. The number of aromatic carboxylic acids is 1. The van der Waals surface area contributed by atoms with Crippen LogP contribution in [0.4, 0.5) is 0 Å². The second-order valence-corrected chi connectivity index (χ2v) is 4.97. The Morgan fingerprint density at radius 1 is 1.32 bits per heavy atom. The van der Waals surface area contributed by atoms with Crippen LogP contribution in [-0.2, 0) is 9.53 Å². The molecule has 1 aromatic heterocycles. The Hall–Kier alpha value is -3.37. The highest BCUT2D eigenvalue weighted by Crippen LogP contribution is 2.26. The molecule has 0 fully saturated rings. The summed E-state index contributed by atoms with van der Waals surface area (Å²) >= 11 is 0. The van der Waals surface area contributed by atoms with Gasteiger partial charge in [-0.25, -0.2) is 4.79 Å². The Bertz CT molecular complexity index is 845. The van der Waals surface area contributed by atoms with Crippen molar-refractivity contribution in [3.8, 4) is 17.4 Å². The molecule has 0 saturated heterocycles. The fourth-order valence-corrected chi connectivity index (χ4v) is 2.11. The highest BCUT2D eigenvalue weighted by atomic mass is 16.5. The molecule has 0 atom stereocenters. The van der Waals surface area contributed by atoms with Gasteiger partial charge in [-0.3, -0.25) is 4.79 Å². The number of carbonyl (C=O) groups excluding carboxylic acids is 1. The SMILES string of the molecule is COCCNC(=O)/C(C#N)=C/c1ccc(-c2ccccc2C(=O)O)o1. The fraction of sp³-hybridized carbons (Fsp3) is 0.167. The zero-order valence-electron chi connectivity index (χ0n) is 13.5. The van der Waals surface area contributed by atoms with E-state index in [1.807, 2.05) is 6.07 Å². The number of amides is 1. The topological polar surface area (TPSA) is 113 Å². The first-order valence-electron chi connectivity index (χ1n) is 7.38. The lowest BCUT2D eigenvalue weighted by atomic mass is 10.1. The molecule has 0 aliphatic carbocycles. The number of methoxy groups -OCH3 is 1. The Morgan fingerprint density at radius 2 is 2.08 bits per heavy atom. The molecule has 0 spiro atoms. The number of rotatable bonds is 7. The van der Waals surface area contributed by atoms with Crippen molar-refractivity contribution >= 4 is 18.0 Å². The second kappa shape index (κ2) is 8.47. The maximum Gasteiger partial charge on any atom is 0.336 e. The number of carbonyl (C=O) groups is 2. The van der Waals surface area contributed by atoms with E-state index in [1.54, 1.807) is 30.3 Å². The molecule has 0 radical (unpaired) electrons. The van der Waals surface area contributed by atoms with Crippen molar-refractivity contribution in [3.05, 3.63) is 53.3 Å². The van der Waals surface area contributed by atoms with Crippen molar-refractivity contribution in [1.29, 1.82) is 5.26 Å².